The van der Waals surface area contributed by atoms with E-state index in [2.05, 4.69) is 0 Å². The summed E-state index contributed by atoms with van der Waals surface area (Å²) in [6.45, 7) is 3.06. The van der Waals surface area contributed by atoms with Crippen molar-refractivity contribution in [3.05, 3.63) is 0 Å². The van der Waals surface area contributed by atoms with Gasteiger partial charge in [0.05, 0.1) is 30.5 Å². The van der Waals surface area contributed by atoms with E-state index in [1.165, 1.54) is 6.92 Å². The van der Waals surface area contributed by atoms with Gasteiger partial charge in [-0.1, -0.05) is 6.92 Å². The SMILES string of the molecule is CC(O)C(O)[C@H]1[C@H](O)[C@H](C)[C@H](O)C[C@H]1O. The molecule has 1 aliphatic carbocycles. The number of rotatable bonds is 2. The number of hydrogen-bond donors (Lipinski definition) is 5. The summed E-state index contributed by atoms with van der Waals surface area (Å²) < 4.78 is 0. The van der Waals surface area contributed by atoms with Crippen LogP contribution in [0, 0.1) is 11.8 Å². The van der Waals surface area contributed by atoms with Gasteiger partial charge in [0.2, 0.25) is 0 Å². The minimum atomic E-state index is -1.18. The summed E-state index contributed by atoms with van der Waals surface area (Å²) in [7, 11) is 0. The predicted octanol–water partition coefficient (Wildman–Crippen LogP) is -1.53. The molecule has 2 unspecified atom stereocenters. The Labute approximate surface area is 89.0 Å². The molecule has 0 spiro atoms. The van der Waals surface area contributed by atoms with Crippen molar-refractivity contribution in [2.24, 2.45) is 11.8 Å². The Morgan fingerprint density at radius 1 is 1.07 bits per heavy atom. The van der Waals surface area contributed by atoms with Gasteiger partial charge in [-0.25, -0.2) is 0 Å². The molecule has 1 aliphatic rings. The van der Waals surface area contributed by atoms with Crippen molar-refractivity contribution in [1.82, 2.24) is 0 Å². The maximum absolute atomic E-state index is 9.81. The van der Waals surface area contributed by atoms with E-state index in [1.807, 2.05) is 0 Å². The highest BCUT2D eigenvalue weighted by Gasteiger charge is 2.45. The van der Waals surface area contributed by atoms with Crippen molar-refractivity contribution in [3.63, 3.8) is 0 Å². The number of aliphatic hydroxyl groups is 5. The van der Waals surface area contributed by atoms with E-state index in [0.717, 1.165) is 0 Å². The van der Waals surface area contributed by atoms with Crippen molar-refractivity contribution in [2.75, 3.05) is 0 Å². The molecule has 0 aliphatic heterocycles. The van der Waals surface area contributed by atoms with Gasteiger partial charge < -0.3 is 25.5 Å². The fourth-order valence-electron chi connectivity index (χ4n) is 2.18. The Kier molecular flexibility index (Phi) is 4.08. The third kappa shape index (κ3) is 2.49. The Hall–Kier alpha value is -0.200. The summed E-state index contributed by atoms with van der Waals surface area (Å²) in [5.74, 6) is -1.21. The van der Waals surface area contributed by atoms with Crippen LogP contribution in [-0.4, -0.2) is 56.1 Å². The van der Waals surface area contributed by atoms with Gasteiger partial charge in [0, 0.05) is 18.3 Å². The average molecular weight is 220 g/mol. The second-order valence-electron chi connectivity index (χ2n) is 4.53. The fraction of sp³-hybridized carbons (Fsp3) is 1.00. The van der Waals surface area contributed by atoms with E-state index < -0.39 is 42.4 Å². The van der Waals surface area contributed by atoms with E-state index in [-0.39, 0.29) is 6.42 Å². The summed E-state index contributed by atoms with van der Waals surface area (Å²) in [5.41, 5.74) is 0. The Morgan fingerprint density at radius 3 is 2.07 bits per heavy atom. The van der Waals surface area contributed by atoms with E-state index in [4.69, 9.17) is 0 Å². The monoisotopic (exact) mass is 220 g/mol. The molecular formula is C10H20O5. The van der Waals surface area contributed by atoms with E-state index in [9.17, 15) is 25.5 Å². The fourth-order valence-corrected chi connectivity index (χ4v) is 2.18. The molecule has 7 atom stereocenters. The van der Waals surface area contributed by atoms with Crippen molar-refractivity contribution in [1.29, 1.82) is 0 Å². The molecule has 5 heteroatoms. The van der Waals surface area contributed by atoms with Gasteiger partial charge in [0.1, 0.15) is 0 Å². The highest BCUT2D eigenvalue weighted by molar-refractivity contribution is 4.94. The lowest BCUT2D eigenvalue weighted by atomic mass is 9.72. The van der Waals surface area contributed by atoms with Crippen LogP contribution in [0.1, 0.15) is 20.3 Å². The van der Waals surface area contributed by atoms with E-state index in [1.54, 1.807) is 6.92 Å². The molecule has 1 fully saturated rings. The highest BCUT2D eigenvalue weighted by atomic mass is 16.3. The van der Waals surface area contributed by atoms with Gasteiger partial charge >= 0.3 is 0 Å². The van der Waals surface area contributed by atoms with Gasteiger partial charge in [0.15, 0.2) is 0 Å². The molecule has 0 aromatic carbocycles. The van der Waals surface area contributed by atoms with Gasteiger partial charge in [-0.05, 0) is 6.92 Å². The minimum Gasteiger partial charge on any atom is -0.393 e. The first kappa shape index (κ1) is 12.9. The van der Waals surface area contributed by atoms with Crippen molar-refractivity contribution >= 4 is 0 Å². The smallest absolute Gasteiger partial charge is 0.0874 e. The molecule has 0 heterocycles. The van der Waals surface area contributed by atoms with Crippen molar-refractivity contribution in [3.8, 4) is 0 Å². The Balaban J connectivity index is 2.78. The zero-order valence-corrected chi connectivity index (χ0v) is 8.98. The summed E-state index contributed by atoms with van der Waals surface area (Å²) >= 11 is 0. The van der Waals surface area contributed by atoms with Crippen LogP contribution in [0.25, 0.3) is 0 Å². The van der Waals surface area contributed by atoms with Crippen molar-refractivity contribution < 1.29 is 25.5 Å². The third-order valence-corrected chi connectivity index (χ3v) is 3.36. The Morgan fingerprint density at radius 2 is 1.60 bits per heavy atom. The van der Waals surface area contributed by atoms with Gasteiger partial charge in [0.25, 0.3) is 0 Å². The molecule has 0 aromatic heterocycles. The van der Waals surface area contributed by atoms with Gasteiger partial charge in [-0.3, -0.25) is 0 Å². The molecule has 0 amide bonds. The lowest BCUT2D eigenvalue weighted by Gasteiger charge is -2.42. The van der Waals surface area contributed by atoms with Crippen LogP contribution in [0.3, 0.4) is 0 Å². The quantitative estimate of drug-likeness (QED) is 0.388. The molecule has 5 N–H and O–H groups in total. The largest absolute Gasteiger partial charge is 0.393 e. The average Bonchev–Trinajstić information content (AvgIpc) is 2.14. The predicted molar refractivity (Wildman–Crippen MR) is 53.0 cm³/mol. The van der Waals surface area contributed by atoms with Crippen molar-refractivity contribution in [2.45, 2.75) is 50.8 Å². The molecule has 1 saturated carbocycles. The van der Waals surface area contributed by atoms with Crippen LogP contribution in [-0.2, 0) is 0 Å². The molecule has 90 valence electrons. The normalized spacial score (nSPS) is 46.2. The highest BCUT2D eigenvalue weighted by Crippen LogP contribution is 2.33. The summed E-state index contributed by atoms with van der Waals surface area (Å²) in [5, 5.41) is 47.8. The van der Waals surface area contributed by atoms with E-state index >= 15 is 0 Å². The third-order valence-electron chi connectivity index (χ3n) is 3.36. The van der Waals surface area contributed by atoms with Gasteiger partial charge in [-0.15, -0.1) is 0 Å². The second-order valence-corrected chi connectivity index (χ2v) is 4.53. The van der Waals surface area contributed by atoms with Crippen LogP contribution in [0.15, 0.2) is 0 Å². The zero-order valence-electron chi connectivity index (χ0n) is 8.98. The lowest BCUT2D eigenvalue weighted by Crippen LogP contribution is -2.54. The summed E-state index contributed by atoms with van der Waals surface area (Å²) in [6.07, 6.45) is -4.84. The molecule has 0 saturated heterocycles. The van der Waals surface area contributed by atoms with Crippen LogP contribution in [0.4, 0.5) is 0 Å². The zero-order chi connectivity index (χ0) is 11.7. The molecule has 15 heavy (non-hydrogen) atoms. The van der Waals surface area contributed by atoms with Gasteiger partial charge in [-0.2, -0.15) is 0 Å². The Bertz CT molecular complexity index is 208. The lowest BCUT2D eigenvalue weighted by molar-refractivity contribution is -0.159. The first-order valence-electron chi connectivity index (χ1n) is 5.26. The maximum Gasteiger partial charge on any atom is 0.0874 e. The van der Waals surface area contributed by atoms with Crippen LogP contribution >= 0.6 is 0 Å². The molecule has 0 aromatic rings. The topological polar surface area (TPSA) is 101 Å². The summed E-state index contributed by atoms with van der Waals surface area (Å²) in [4.78, 5) is 0. The summed E-state index contributed by atoms with van der Waals surface area (Å²) in [6, 6.07) is 0. The minimum absolute atomic E-state index is 0.118. The molecule has 5 nitrogen and oxygen atoms in total. The molecule has 1 rings (SSSR count). The van der Waals surface area contributed by atoms with E-state index in [0.29, 0.717) is 0 Å². The second kappa shape index (κ2) is 4.76. The first-order chi connectivity index (χ1) is 6.86. The van der Waals surface area contributed by atoms with Crippen LogP contribution < -0.4 is 0 Å². The standard InChI is InChI=1S/C10H20O5/c1-4-6(12)3-7(13)8(9(4)14)10(15)5(2)11/h4-15H,3H2,1-2H3/t4-,5?,6-,7-,8-,9-,10?/m1/s1. The van der Waals surface area contributed by atoms with Crippen LogP contribution in [0.5, 0.6) is 0 Å². The molecule has 0 bridgehead atoms. The maximum atomic E-state index is 9.81. The first-order valence-corrected chi connectivity index (χ1v) is 5.26. The number of hydrogen-bond acceptors (Lipinski definition) is 5. The van der Waals surface area contributed by atoms with Crippen LogP contribution in [0.2, 0.25) is 0 Å². The number of aliphatic hydroxyl groups excluding tert-OH is 5. The molecular weight excluding hydrogens is 200 g/mol. The molecule has 0 radical (unpaired) electrons.